The van der Waals surface area contributed by atoms with Crippen LogP contribution in [0, 0.1) is 6.92 Å². The van der Waals surface area contributed by atoms with Crippen LogP contribution in [0.3, 0.4) is 0 Å². The van der Waals surface area contributed by atoms with Gasteiger partial charge in [0.2, 0.25) is 5.95 Å². The third-order valence-corrected chi connectivity index (χ3v) is 2.23. The molecule has 0 amide bonds. The minimum absolute atomic E-state index is 0.660. The van der Waals surface area contributed by atoms with E-state index in [1.807, 2.05) is 43.7 Å². The fourth-order valence-corrected chi connectivity index (χ4v) is 1.24. The van der Waals surface area contributed by atoms with E-state index in [4.69, 9.17) is 0 Å². The Morgan fingerprint density at radius 2 is 2.13 bits per heavy atom. The van der Waals surface area contributed by atoms with Crippen LogP contribution in [0.15, 0.2) is 6.07 Å². The van der Waals surface area contributed by atoms with Gasteiger partial charge in [0.05, 0.1) is 0 Å². The first-order chi connectivity index (χ1) is 7.08. The zero-order valence-corrected chi connectivity index (χ0v) is 9.31. The van der Waals surface area contributed by atoms with Gasteiger partial charge in [-0.25, -0.2) is 0 Å². The van der Waals surface area contributed by atoms with Crippen molar-refractivity contribution in [3.8, 4) is 11.5 Å². The Bertz CT molecular complexity index is 447. The molecule has 2 aromatic rings. The van der Waals surface area contributed by atoms with Crippen molar-refractivity contribution in [3.63, 3.8) is 0 Å². The van der Waals surface area contributed by atoms with Crippen LogP contribution in [0.2, 0.25) is 0 Å². The molecule has 0 atom stereocenters. The van der Waals surface area contributed by atoms with Gasteiger partial charge in [-0.15, -0.1) is 5.10 Å². The number of anilines is 1. The van der Waals surface area contributed by atoms with E-state index in [1.165, 1.54) is 0 Å². The first-order valence-electron chi connectivity index (χ1n) is 4.68. The Kier molecular flexibility index (Phi) is 2.18. The van der Waals surface area contributed by atoms with Crippen LogP contribution in [-0.4, -0.2) is 39.1 Å². The number of nitrogens with one attached hydrogen (secondary N) is 1. The molecule has 0 bridgehead atoms. The standard InChI is InChI=1S/C9H14N6/c1-6-5-7(13-15(6)4)8-10-9(12-11-8)14(2)3/h5H,1-4H3,(H,10,11,12). The van der Waals surface area contributed by atoms with Gasteiger partial charge < -0.3 is 4.90 Å². The predicted octanol–water partition coefficient (Wildman–Crippen LogP) is 0.580. The number of hydrogen-bond donors (Lipinski definition) is 1. The minimum Gasteiger partial charge on any atom is -0.346 e. The summed E-state index contributed by atoms with van der Waals surface area (Å²) >= 11 is 0. The molecule has 0 unspecified atom stereocenters. The molecule has 6 nitrogen and oxygen atoms in total. The minimum atomic E-state index is 0.660. The van der Waals surface area contributed by atoms with Crippen LogP contribution in [-0.2, 0) is 7.05 Å². The first-order valence-corrected chi connectivity index (χ1v) is 4.68. The number of aromatic nitrogens is 5. The molecule has 2 heterocycles. The Morgan fingerprint density at radius 1 is 1.40 bits per heavy atom. The first kappa shape index (κ1) is 9.70. The van der Waals surface area contributed by atoms with Crippen molar-refractivity contribution in [2.45, 2.75) is 6.92 Å². The van der Waals surface area contributed by atoms with E-state index in [0.717, 1.165) is 11.4 Å². The SMILES string of the molecule is Cc1cc(-c2nc(N(C)C)n[nH]2)nn1C. The number of hydrogen-bond acceptors (Lipinski definition) is 4. The number of aromatic amines is 1. The second-order valence-electron chi connectivity index (χ2n) is 3.67. The van der Waals surface area contributed by atoms with Crippen molar-refractivity contribution in [2.75, 3.05) is 19.0 Å². The topological polar surface area (TPSA) is 62.6 Å². The lowest BCUT2D eigenvalue weighted by molar-refractivity contribution is 0.741. The van der Waals surface area contributed by atoms with Gasteiger partial charge in [0, 0.05) is 26.8 Å². The van der Waals surface area contributed by atoms with Crippen LogP contribution in [0.25, 0.3) is 11.5 Å². The molecular weight excluding hydrogens is 192 g/mol. The lowest BCUT2D eigenvalue weighted by Gasteiger charge is -2.03. The molecule has 15 heavy (non-hydrogen) atoms. The third kappa shape index (κ3) is 1.70. The van der Waals surface area contributed by atoms with Crippen molar-refractivity contribution < 1.29 is 0 Å². The fraction of sp³-hybridized carbons (Fsp3) is 0.444. The molecule has 0 fully saturated rings. The van der Waals surface area contributed by atoms with E-state index >= 15 is 0 Å². The molecule has 0 aliphatic carbocycles. The largest absolute Gasteiger partial charge is 0.346 e. The molecule has 80 valence electrons. The molecule has 0 saturated carbocycles. The summed E-state index contributed by atoms with van der Waals surface area (Å²) in [6, 6.07) is 1.97. The zero-order valence-electron chi connectivity index (χ0n) is 9.31. The summed E-state index contributed by atoms with van der Waals surface area (Å²) < 4.78 is 1.81. The number of aryl methyl sites for hydroxylation is 2. The van der Waals surface area contributed by atoms with Crippen LogP contribution >= 0.6 is 0 Å². The molecule has 6 heteroatoms. The van der Waals surface area contributed by atoms with Gasteiger partial charge in [-0.2, -0.15) is 10.1 Å². The fourth-order valence-electron chi connectivity index (χ4n) is 1.24. The van der Waals surface area contributed by atoms with Crippen LogP contribution in [0.5, 0.6) is 0 Å². The van der Waals surface area contributed by atoms with Crippen molar-refractivity contribution in [3.05, 3.63) is 11.8 Å². The van der Waals surface area contributed by atoms with Crippen molar-refractivity contribution in [1.29, 1.82) is 0 Å². The van der Waals surface area contributed by atoms with E-state index in [-0.39, 0.29) is 0 Å². The van der Waals surface area contributed by atoms with Crippen LogP contribution in [0.4, 0.5) is 5.95 Å². The maximum atomic E-state index is 4.32. The molecule has 0 aliphatic rings. The van der Waals surface area contributed by atoms with E-state index in [0.29, 0.717) is 11.8 Å². The maximum Gasteiger partial charge on any atom is 0.244 e. The van der Waals surface area contributed by atoms with Gasteiger partial charge in [-0.1, -0.05) is 0 Å². The van der Waals surface area contributed by atoms with Crippen molar-refractivity contribution >= 4 is 5.95 Å². The van der Waals surface area contributed by atoms with Gasteiger partial charge in [-0.05, 0) is 13.0 Å². The van der Waals surface area contributed by atoms with E-state index in [2.05, 4.69) is 20.3 Å². The summed E-state index contributed by atoms with van der Waals surface area (Å²) in [5.41, 5.74) is 1.91. The normalized spacial score (nSPS) is 10.7. The molecule has 0 aliphatic heterocycles. The van der Waals surface area contributed by atoms with E-state index in [9.17, 15) is 0 Å². The van der Waals surface area contributed by atoms with Gasteiger partial charge in [-0.3, -0.25) is 9.78 Å². The summed E-state index contributed by atoms with van der Waals surface area (Å²) in [5.74, 6) is 1.36. The number of nitrogens with zero attached hydrogens (tertiary/aromatic N) is 5. The maximum absolute atomic E-state index is 4.32. The number of H-pyrrole nitrogens is 1. The average molecular weight is 206 g/mol. The average Bonchev–Trinajstić information content (AvgIpc) is 2.74. The highest BCUT2D eigenvalue weighted by molar-refractivity contribution is 5.51. The quantitative estimate of drug-likeness (QED) is 0.780. The molecule has 0 spiro atoms. The Hall–Kier alpha value is -1.85. The molecule has 0 radical (unpaired) electrons. The molecule has 0 saturated heterocycles. The summed E-state index contributed by atoms with van der Waals surface area (Å²) in [4.78, 5) is 6.16. The van der Waals surface area contributed by atoms with Gasteiger partial charge in [0.15, 0.2) is 5.82 Å². The highest BCUT2D eigenvalue weighted by Gasteiger charge is 2.10. The molecule has 0 aromatic carbocycles. The van der Waals surface area contributed by atoms with Gasteiger partial charge in [0.25, 0.3) is 0 Å². The lowest BCUT2D eigenvalue weighted by Crippen LogP contribution is -2.10. The van der Waals surface area contributed by atoms with Crippen LogP contribution in [0.1, 0.15) is 5.69 Å². The second-order valence-corrected chi connectivity index (χ2v) is 3.67. The monoisotopic (exact) mass is 206 g/mol. The smallest absolute Gasteiger partial charge is 0.244 e. The van der Waals surface area contributed by atoms with Gasteiger partial charge >= 0.3 is 0 Å². The van der Waals surface area contributed by atoms with Crippen LogP contribution < -0.4 is 4.90 Å². The molecule has 1 N–H and O–H groups in total. The molecular formula is C9H14N6. The molecule has 2 rings (SSSR count). The summed E-state index contributed by atoms with van der Waals surface area (Å²) in [6.45, 7) is 2.00. The lowest BCUT2D eigenvalue weighted by atomic mass is 10.3. The predicted molar refractivity (Wildman–Crippen MR) is 57.6 cm³/mol. The Labute approximate surface area is 87.9 Å². The molecule has 2 aromatic heterocycles. The zero-order chi connectivity index (χ0) is 11.0. The van der Waals surface area contributed by atoms with E-state index in [1.54, 1.807) is 0 Å². The Balaban J connectivity index is 2.37. The second kappa shape index (κ2) is 3.38. The van der Waals surface area contributed by atoms with E-state index < -0.39 is 0 Å². The Morgan fingerprint density at radius 3 is 2.60 bits per heavy atom. The van der Waals surface area contributed by atoms with Crippen molar-refractivity contribution in [1.82, 2.24) is 25.0 Å². The summed E-state index contributed by atoms with van der Waals surface area (Å²) in [5, 5.41) is 11.3. The third-order valence-electron chi connectivity index (χ3n) is 2.23. The summed E-state index contributed by atoms with van der Waals surface area (Å²) in [7, 11) is 5.70. The highest BCUT2D eigenvalue weighted by atomic mass is 15.4. The van der Waals surface area contributed by atoms with Gasteiger partial charge in [0.1, 0.15) is 5.69 Å². The highest BCUT2D eigenvalue weighted by Crippen LogP contribution is 2.15. The van der Waals surface area contributed by atoms with Crippen molar-refractivity contribution in [2.24, 2.45) is 7.05 Å². The summed E-state index contributed by atoms with van der Waals surface area (Å²) in [6.07, 6.45) is 0. The number of rotatable bonds is 2.